The number of rotatable bonds is 6. The molecule has 0 saturated heterocycles. The highest BCUT2D eigenvalue weighted by molar-refractivity contribution is 6.30. The molecule has 0 fully saturated rings. The fourth-order valence-electron chi connectivity index (χ4n) is 2.88. The summed E-state index contributed by atoms with van der Waals surface area (Å²) in [6.45, 7) is 1.45. The summed E-state index contributed by atoms with van der Waals surface area (Å²) in [6, 6.07) is 18.1. The molecule has 0 aliphatic heterocycles. The Balaban J connectivity index is 1.79. The van der Waals surface area contributed by atoms with E-state index in [4.69, 9.17) is 11.6 Å². The standard InChI is InChI=1S/C22H20ClN3O2/c1-15(27)25-19-6-8-20(9-7-19)26-22(28)21(14-16-10-12-24-13-11-16)17-2-4-18(23)5-3-17/h2-13,21H,14H2,1H3,(H,25,27)(H,26,28). The number of nitrogens with one attached hydrogen (secondary N) is 2. The first-order valence-electron chi connectivity index (χ1n) is 8.84. The number of aromatic nitrogens is 1. The summed E-state index contributed by atoms with van der Waals surface area (Å²) in [4.78, 5) is 28.2. The summed E-state index contributed by atoms with van der Waals surface area (Å²) < 4.78 is 0. The molecular weight excluding hydrogens is 374 g/mol. The molecule has 5 nitrogen and oxygen atoms in total. The number of amides is 2. The van der Waals surface area contributed by atoms with Gasteiger partial charge in [0.05, 0.1) is 5.92 Å². The smallest absolute Gasteiger partial charge is 0.232 e. The van der Waals surface area contributed by atoms with E-state index in [1.54, 1.807) is 48.8 Å². The highest BCUT2D eigenvalue weighted by Crippen LogP contribution is 2.25. The minimum absolute atomic E-state index is 0.119. The third-order valence-corrected chi connectivity index (χ3v) is 4.50. The van der Waals surface area contributed by atoms with Crippen LogP contribution in [0.1, 0.15) is 24.0 Å². The SMILES string of the molecule is CC(=O)Nc1ccc(NC(=O)C(Cc2ccncc2)c2ccc(Cl)cc2)cc1. The van der Waals surface area contributed by atoms with Gasteiger partial charge in [-0.15, -0.1) is 0 Å². The Morgan fingerprint density at radius 2 is 1.46 bits per heavy atom. The summed E-state index contributed by atoms with van der Waals surface area (Å²) in [5.74, 6) is -0.641. The van der Waals surface area contributed by atoms with Gasteiger partial charge in [0.25, 0.3) is 0 Å². The average molecular weight is 394 g/mol. The van der Waals surface area contributed by atoms with E-state index in [2.05, 4.69) is 15.6 Å². The number of halogens is 1. The Labute approximate surface area is 168 Å². The van der Waals surface area contributed by atoms with Crippen LogP contribution in [0.3, 0.4) is 0 Å². The maximum Gasteiger partial charge on any atom is 0.232 e. The fraction of sp³-hybridized carbons (Fsp3) is 0.136. The molecule has 0 bridgehead atoms. The molecule has 3 rings (SSSR count). The predicted molar refractivity (Wildman–Crippen MR) is 112 cm³/mol. The molecule has 1 unspecified atom stereocenters. The zero-order chi connectivity index (χ0) is 19.9. The largest absolute Gasteiger partial charge is 0.326 e. The number of carbonyl (C=O) groups excluding carboxylic acids is 2. The van der Waals surface area contributed by atoms with Gasteiger partial charge in [-0.25, -0.2) is 0 Å². The third kappa shape index (κ3) is 5.41. The quantitative estimate of drug-likeness (QED) is 0.639. The second-order valence-electron chi connectivity index (χ2n) is 6.41. The molecule has 0 aliphatic rings. The van der Waals surface area contributed by atoms with Crippen molar-refractivity contribution in [3.8, 4) is 0 Å². The van der Waals surface area contributed by atoms with Gasteiger partial charge in [-0.2, -0.15) is 0 Å². The monoisotopic (exact) mass is 393 g/mol. The molecule has 0 aliphatic carbocycles. The van der Waals surface area contributed by atoms with Crippen molar-refractivity contribution in [2.45, 2.75) is 19.3 Å². The number of carbonyl (C=O) groups is 2. The van der Waals surface area contributed by atoms with Crippen molar-refractivity contribution in [3.05, 3.63) is 89.2 Å². The molecular formula is C22H20ClN3O2. The maximum absolute atomic E-state index is 13.0. The topological polar surface area (TPSA) is 71.1 Å². The minimum Gasteiger partial charge on any atom is -0.326 e. The van der Waals surface area contributed by atoms with Crippen molar-refractivity contribution in [2.75, 3.05) is 10.6 Å². The number of pyridine rings is 1. The van der Waals surface area contributed by atoms with Crippen LogP contribution in [0.2, 0.25) is 5.02 Å². The van der Waals surface area contributed by atoms with Crippen LogP contribution in [-0.2, 0) is 16.0 Å². The molecule has 0 saturated carbocycles. The molecule has 142 valence electrons. The summed E-state index contributed by atoms with van der Waals surface area (Å²) in [7, 11) is 0. The van der Waals surface area contributed by atoms with Gasteiger partial charge >= 0.3 is 0 Å². The second kappa shape index (κ2) is 9.15. The highest BCUT2D eigenvalue weighted by atomic mass is 35.5. The Morgan fingerprint density at radius 3 is 2.04 bits per heavy atom. The predicted octanol–water partition coefficient (Wildman–Crippen LogP) is 4.66. The molecule has 0 spiro atoms. The summed E-state index contributed by atoms with van der Waals surface area (Å²) >= 11 is 6.00. The van der Waals surface area contributed by atoms with E-state index >= 15 is 0 Å². The van der Waals surface area contributed by atoms with E-state index in [9.17, 15) is 9.59 Å². The van der Waals surface area contributed by atoms with Crippen LogP contribution in [0.15, 0.2) is 73.1 Å². The van der Waals surface area contributed by atoms with Gasteiger partial charge in [0.15, 0.2) is 0 Å². The second-order valence-corrected chi connectivity index (χ2v) is 6.85. The lowest BCUT2D eigenvalue weighted by molar-refractivity contribution is -0.117. The van der Waals surface area contributed by atoms with Gasteiger partial charge < -0.3 is 10.6 Å². The van der Waals surface area contributed by atoms with E-state index in [0.29, 0.717) is 22.8 Å². The minimum atomic E-state index is -0.380. The summed E-state index contributed by atoms with van der Waals surface area (Å²) in [5.41, 5.74) is 3.24. The van der Waals surface area contributed by atoms with Crippen molar-refractivity contribution in [2.24, 2.45) is 0 Å². The molecule has 2 N–H and O–H groups in total. The van der Waals surface area contributed by atoms with Crippen LogP contribution in [0.25, 0.3) is 0 Å². The van der Waals surface area contributed by atoms with E-state index < -0.39 is 0 Å². The first-order chi connectivity index (χ1) is 13.5. The van der Waals surface area contributed by atoms with Gasteiger partial charge in [-0.3, -0.25) is 14.6 Å². The van der Waals surface area contributed by atoms with Gasteiger partial charge in [-0.1, -0.05) is 23.7 Å². The number of benzene rings is 2. The Bertz CT molecular complexity index is 942. The van der Waals surface area contributed by atoms with Crippen molar-refractivity contribution >= 4 is 34.8 Å². The zero-order valence-corrected chi connectivity index (χ0v) is 16.1. The highest BCUT2D eigenvalue weighted by Gasteiger charge is 2.21. The lowest BCUT2D eigenvalue weighted by atomic mass is 9.91. The summed E-state index contributed by atoms with van der Waals surface area (Å²) in [6.07, 6.45) is 3.97. The zero-order valence-electron chi connectivity index (χ0n) is 15.4. The average Bonchev–Trinajstić information content (AvgIpc) is 2.69. The van der Waals surface area contributed by atoms with Crippen molar-refractivity contribution in [1.82, 2.24) is 4.98 Å². The van der Waals surface area contributed by atoms with Crippen LogP contribution in [-0.4, -0.2) is 16.8 Å². The van der Waals surface area contributed by atoms with Crippen LogP contribution in [0, 0.1) is 0 Å². The van der Waals surface area contributed by atoms with Crippen LogP contribution < -0.4 is 10.6 Å². The van der Waals surface area contributed by atoms with E-state index in [-0.39, 0.29) is 17.7 Å². The lowest BCUT2D eigenvalue weighted by Crippen LogP contribution is -2.23. The van der Waals surface area contributed by atoms with Gasteiger partial charge in [-0.05, 0) is 66.1 Å². The Morgan fingerprint density at radius 1 is 0.893 bits per heavy atom. The van der Waals surface area contributed by atoms with Crippen molar-refractivity contribution in [1.29, 1.82) is 0 Å². The Kier molecular flexibility index (Phi) is 6.40. The molecule has 2 amide bonds. The Hall–Kier alpha value is -3.18. The lowest BCUT2D eigenvalue weighted by Gasteiger charge is -2.18. The van der Waals surface area contributed by atoms with Gasteiger partial charge in [0.2, 0.25) is 11.8 Å². The van der Waals surface area contributed by atoms with E-state index in [0.717, 1.165) is 11.1 Å². The van der Waals surface area contributed by atoms with Crippen molar-refractivity contribution < 1.29 is 9.59 Å². The molecule has 6 heteroatoms. The number of anilines is 2. The van der Waals surface area contributed by atoms with E-state index in [1.165, 1.54) is 6.92 Å². The van der Waals surface area contributed by atoms with E-state index in [1.807, 2.05) is 24.3 Å². The number of hydrogen-bond acceptors (Lipinski definition) is 3. The van der Waals surface area contributed by atoms with Crippen LogP contribution in [0.4, 0.5) is 11.4 Å². The third-order valence-electron chi connectivity index (χ3n) is 4.25. The molecule has 28 heavy (non-hydrogen) atoms. The number of nitrogens with zero attached hydrogens (tertiary/aromatic N) is 1. The number of hydrogen-bond donors (Lipinski definition) is 2. The molecule has 1 heterocycles. The van der Waals surface area contributed by atoms with Crippen molar-refractivity contribution in [3.63, 3.8) is 0 Å². The van der Waals surface area contributed by atoms with Crippen LogP contribution >= 0.6 is 11.6 Å². The van der Waals surface area contributed by atoms with Gasteiger partial charge in [0, 0.05) is 35.7 Å². The first kappa shape index (κ1) is 19.6. The molecule has 2 aromatic carbocycles. The van der Waals surface area contributed by atoms with Gasteiger partial charge in [0.1, 0.15) is 0 Å². The summed E-state index contributed by atoms with van der Waals surface area (Å²) in [5, 5.41) is 6.28. The molecule has 3 aromatic rings. The molecule has 1 aromatic heterocycles. The fourth-order valence-corrected chi connectivity index (χ4v) is 3.01. The normalized spacial score (nSPS) is 11.5. The van der Waals surface area contributed by atoms with Crippen LogP contribution in [0.5, 0.6) is 0 Å². The first-order valence-corrected chi connectivity index (χ1v) is 9.22. The molecule has 0 radical (unpaired) electrons. The molecule has 1 atom stereocenters. The maximum atomic E-state index is 13.0.